The minimum Gasteiger partial charge on any atom is -1.00 e. The van der Waals surface area contributed by atoms with Crippen LogP contribution in [0.2, 0.25) is 0 Å². The first-order valence-corrected chi connectivity index (χ1v) is 16.8. The predicted molar refractivity (Wildman–Crippen MR) is 188 cm³/mol. The topological polar surface area (TPSA) is 52.0 Å². The maximum absolute atomic E-state index is 5.84. The molecule has 0 spiro atoms. The van der Waals surface area contributed by atoms with E-state index in [2.05, 4.69) is 118 Å². The van der Waals surface area contributed by atoms with Crippen molar-refractivity contribution < 1.29 is 75.4 Å². The van der Waals surface area contributed by atoms with Crippen molar-refractivity contribution in [1.82, 2.24) is 0 Å². The van der Waals surface area contributed by atoms with Crippen LogP contribution in [-0.4, -0.2) is 0 Å². The van der Waals surface area contributed by atoms with Crippen molar-refractivity contribution in [3.05, 3.63) is 126 Å². The third-order valence-electron chi connectivity index (χ3n) is 9.13. The van der Waals surface area contributed by atoms with Crippen LogP contribution in [0.1, 0.15) is 86.5 Å². The van der Waals surface area contributed by atoms with Crippen LogP contribution in [0.5, 0.6) is 0 Å². The zero-order valence-corrected chi connectivity index (χ0v) is 34.2. The summed E-state index contributed by atoms with van der Waals surface area (Å²) in [6, 6.07) is 35.2. The number of hydrogen-bond acceptors (Lipinski definition) is 2. The molecule has 216 valence electrons. The standard InChI is InChI=1S/C18H18I2.C18H22N2.HI.K/c2*19-16-8-4-14(5-9-16)18(12-2-1-3-13-18)15-6-10-17(20)11-7-15;;/h4-11H,1-3,12-13H2;4-11H,1-3,12-13,19-20H2;1H;/q;;;+1/p-1. The molecule has 0 heterocycles. The summed E-state index contributed by atoms with van der Waals surface area (Å²) in [7, 11) is 0. The summed E-state index contributed by atoms with van der Waals surface area (Å²) < 4.78 is 2.64. The fourth-order valence-corrected chi connectivity index (χ4v) is 7.66. The average Bonchev–Trinajstić information content (AvgIpc) is 3.00. The van der Waals surface area contributed by atoms with Crippen LogP contribution in [-0.2, 0) is 10.8 Å². The predicted octanol–water partition coefficient (Wildman–Crippen LogP) is 4.26. The van der Waals surface area contributed by atoms with Gasteiger partial charge in [0.05, 0.1) is 0 Å². The Hall–Kier alpha value is 0.306. The molecular formula is C36H40I3KN2. The van der Waals surface area contributed by atoms with Gasteiger partial charge in [-0.2, -0.15) is 0 Å². The molecule has 6 rings (SSSR count). The van der Waals surface area contributed by atoms with E-state index in [9.17, 15) is 0 Å². The number of rotatable bonds is 4. The van der Waals surface area contributed by atoms with Gasteiger partial charge in [-0.05, 0) is 142 Å². The Morgan fingerprint density at radius 3 is 0.905 bits per heavy atom. The Balaban J connectivity index is 0.000000220. The molecule has 2 fully saturated rings. The van der Waals surface area contributed by atoms with Gasteiger partial charge in [0.2, 0.25) is 0 Å². The van der Waals surface area contributed by atoms with Crippen LogP contribution in [0.25, 0.3) is 0 Å². The van der Waals surface area contributed by atoms with Crippen molar-refractivity contribution in [3.8, 4) is 0 Å². The van der Waals surface area contributed by atoms with E-state index in [-0.39, 0.29) is 86.2 Å². The van der Waals surface area contributed by atoms with E-state index in [0.29, 0.717) is 0 Å². The van der Waals surface area contributed by atoms with Gasteiger partial charge in [0.1, 0.15) is 0 Å². The quantitative estimate of drug-likeness (QED) is 0.183. The summed E-state index contributed by atoms with van der Waals surface area (Å²) in [5.74, 6) is 0. The van der Waals surface area contributed by atoms with Gasteiger partial charge in [-0.3, -0.25) is 0 Å². The summed E-state index contributed by atoms with van der Waals surface area (Å²) in [5, 5.41) is 0. The smallest absolute Gasteiger partial charge is 1.00 e. The molecule has 2 aliphatic carbocycles. The molecule has 6 heteroatoms. The summed E-state index contributed by atoms with van der Waals surface area (Å²) in [6.45, 7) is 0. The van der Waals surface area contributed by atoms with Crippen LogP contribution >= 0.6 is 45.2 Å². The van der Waals surface area contributed by atoms with Gasteiger partial charge in [-0.15, -0.1) is 0 Å². The zero-order valence-electron chi connectivity index (χ0n) is 24.6. The van der Waals surface area contributed by atoms with Crippen molar-refractivity contribution in [1.29, 1.82) is 0 Å². The van der Waals surface area contributed by atoms with Gasteiger partial charge in [-0.25, -0.2) is 0 Å². The monoisotopic (exact) mass is 920 g/mol. The van der Waals surface area contributed by atoms with Crippen molar-refractivity contribution in [2.45, 2.75) is 75.0 Å². The first-order chi connectivity index (χ1) is 19.4. The molecule has 42 heavy (non-hydrogen) atoms. The van der Waals surface area contributed by atoms with Crippen molar-refractivity contribution in [2.75, 3.05) is 11.5 Å². The Morgan fingerprint density at radius 2 is 0.643 bits per heavy atom. The van der Waals surface area contributed by atoms with Gasteiger partial charge in [0.25, 0.3) is 0 Å². The van der Waals surface area contributed by atoms with Gasteiger partial charge < -0.3 is 35.4 Å². The van der Waals surface area contributed by atoms with Crippen molar-refractivity contribution in [3.63, 3.8) is 0 Å². The van der Waals surface area contributed by atoms with Crippen molar-refractivity contribution >= 4 is 56.6 Å². The summed E-state index contributed by atoms with van der Waals surface area (Å²) in [5.41, 5.74) is 19.5. The van der Waals surface area contributed by atoms with E-state index < -0.39 is 0 Å². The van der Waals surface area contributed by atoms with Crippen molar-refractivity contribution in [2.24, 2.45) is 0 Å². The molecule has 0 saturated heterocycles. The first-order valence-electron chi connectivity index (χ1n) is 14.7. The third-order valence-corrected chi connectivity index (χ3v) is 10.6. The number of benzene rings is 4. The van der Waals surface area contributed by atoms with E-state index in [1.807, 2.05) is 24.3 Å². The molecule has 4 aromatic carbocycles. The van der Waals surface area contributed by atoms with Crippen LogP contribution < -0.4 is 86.8 Å². The second-order valence-corrected chi connectivity index (χ2v) is 14.0. The Labute approximate surface area is 339 Å². The number of halogens is 3. The maximum atomic E-state index is 5.84. The second kappa shape index (κ2) is 17.3. The molecule has 0 aliphatic heterocycles. The van der Waals surface area contributed by atoms with E-state index in [1.165, 1.54) is 93.6 Å². The third kappa shape index (κ3) is 8.76. The molecule has 2 saturated carbocycles. The van der Waals surface area contributed by atoms with Crippen LogP contribution in [0, 0.1) is 7.14 Å². The normalized spacial score (nSPS) is 17.0. The minimum atomic E-state index is 0. The largest absolute Gasteiger partial charge is 1.00 e. The first kappa shape index (κ1) is 36.8. The van der Waals surface area contributed by atoms with Crippen LogP contribution in [0.15, 0.2) is 97.1 Å². The fourth-order valence-electron chi connectivity index (χ4n) is 6.94. The molecule has 0 aromatic heterocycles. The van der Waals surface area contributed by atoms with Crippen LogP contribution in [0.4, 0.5) is 11.4 Å². The van der Waals surface area contributed by atoms with E-state index >= 15 is 0 Å². The summed E-state index contributed by atoms with van der Waals surface area (Å²) in [4.78, 5) is 0. The van der Waals surface area contributed by atoms with Gasteiger partial charge in [0.15, 0.2) is 0 Å². The number of nitrogen functional groups attached to an aromatic ring is 2. The number of hydrogen-bond donors (Lipinski definition) is 2. The second-order valence-electron chi connectivity index (χ2n) is 11.5. The van der Waals surface area contributed by atoms with Gasteiger partial charge >= 0.3 is 51.4 Å². The molecule has 0 bridgehead atoms. The van der Waals surface area contributed by atoms with E-state index in [1.54, 1.807) is 0 Å². The Kier molecular flexibility index (Phi) is 15.1. The molecule has 0 amide bonds. The summed E-state index contributed by atoms with van der Waals surface area (Å²) >= 11 is 4.78. The maximum Gasteiger partial charge on any atom is 1.00 e. The van der Waals surface area contributed by atoms with E-state index in [0.717, 1.165) is 11.4 Å². The molecule has 0 radical (unpaired) electrons. The molecule has 4 aromatic rings. The molecule has 4 N–H and O–H groups in total. The molecule has 0 atom stereocenters. The number of nitrogens with two attached hydrogens (primary N) is 2. The molecule has 2 nitrogen and oxygen atoms in total. The van der Waals surface area contributed by atoms with Gasteiger partial charge in [0, 0.05) is 29.3 Å². The Bertz CT molecular complexity index is 1160. The molecular weight excluding hydrogens is 880 g/mol. The fraction of sp³-hybridized carbons (Fsp3) is 0.333. The molecule has 2 aliphatic rings. The van der Waals surface area contributed by atoms with Crippen LogP contribution in [0.3, 0.4) is 0 Å². The number of anilines is 2. The van der Waals surface area contributed by atoms with Gasteiger partial charge in [-0.1, -0.05) is 87.1 Å². The SMILES string of the molecule is Ic1ccc(C2(c3ccc(I)cc3)CCCCC2)cc1.Nc1ccc(C2(c3ccc(N)cc3)CCCCC2)cc1.[I-].[K+]. The molecule has 0 unspecified atom stereocenters. The summed E-state index contributed by atoms with van der Waals surface area (Å²) in [6.07, 6.45) is 13.0. The van der Waals surface area contributed by atoms with E-state index in [4.69, 9.17) is 11.5 Å². The Morgan fingerprint density at radius 1 is 0.405 bits per heavy atom. The zero-order chi connectivity index (χ0) is 28.0. The minimum absolute atomic E-state index is 0. The average molecular weight is 921 g/mol.